The van der Waals surface area contributed by atoms with Crippen molar-refractivity contribution in [2.75, 3.05) is 13.6 Å². The van der Waals surface area contributed by atoms with Gasteiger partial charge in [-0.25, -0.2) is 4.79 Å². The molecule has 0 spiro atoms. The van der Waals surface area contributed by atoms with Crippen LogP contribution in [0.5, 0.6) is 0 Å². The van der Waals surface area contributed by atoms with E-state index in [1.807, 2.05) is 0 Å². The third kappa shape index (κ3) is 3.49. The quantitative estimate of drug-likeness (QED) is 0.871. The molecule has 2 aromatic rings. The van der Waals surface area contributed by atoms with Crippen molar-refractivity contribution >= 4 is 11.9 Å². The lowest BCUT2D eigenvalue weighted by Crippen LogP contribution is -2.28. The number of amides is 1. The Labute approximate surface area is 127 Å². The van der Waals surface area contributed by atoms with Gasteiger partial charge in [0.25, 0.3) is 5.91 Å². The third-order valence-electron chi connectivity index (χ3n) is 3.24. The molecular weight excluding hydrogens is 286 g/mol. The van der Waals surface area contributed by atoms with Crippen molar-refractivity contribution in [1.29, 1.82) is 0 Å². The van der Waals surface area contributed by atoms with Gasteiger partial charge in [0.1, 0.15) is 11.3 Å². The van der Waals surface area contributed by atoms with Gasteiger partial charge in [0.2, 0.25) is 0 Å². The smallest absolute Gasteiger partial charge is 0.339 e. The molecule has 1 amide bonds. The first-order valence-corrected chi connectivity index (χ1v) is 6.89. The number of rotatable bonds is 6. The van der Waals surface area contributed by atoms with Crippen LogP contribution < -0.4 is 0 Å². The Bertz CT molecular complexity index is 667. The van der Waals surface area contributed by atoms with Crippen molar-refractivity contribution in [1.82, 2.24) is 14.9 Å². The van der Waals surface area contributed by atoms with Gasteiger partial charge in [0, 0.05) is 51.1 Å². The molecule has 7 heteroatoms. The van der Waals surface area contributed by atoms with Crippen LogP contribution in [0.1, 0.15) is 39.3 Å². The van der Waals surface area contributed by atoms with E-state index in [0.717, 1.165) is 5.69 Å². The molecule has 0 aliphatic rings. The van der Waals surface area contributed by atoms with E-state index in [9.17, 15) is 9.59 Å². The molecule has 2 aromatic heterocycles. The standard InChI is InChI=1S/C15H17N3O4/c1-3-12-11(15(20)21)8-13(22-12)14(19)18(2)7-4-10-9-16-5-6-17-10/h5-6,8-9H,3-4,7H2,1-2H3,(H,20,21). The predicted molar refractivity (Wildman–Crippen MR) is 77.7 cm³/mol. The van der Waals surface area contributed by atoms with Crippen molar-refractivity contribution in [2.45, 2.75) is 19.8 Å². The Hall–Kier alpha value is -2.70. The number of hydrogen-bond acceptors (Lipinski definition) is 5. The predicted octanol–water partition coefficient (Wildman–Crippen LogP) is 1.64. The maximum Gasteiger partial charge on any atom is 0.339 e. The number of carboxylic acid groups (broad SMARTS) is 1. The summed E-state index contributed by atoms with van der Waals surface area (Å²) in [6.45, 7) is 2.21. The molecule has 0 unspecified atom stereocenters. The summed E-state index contributed by atoms with van der Waals surface area (Å²) in [5.41, 5.74) is 0.815. The Balaban J connectivity index is 2.05. The Morgan fingerprint density at radius 2 is 2.14 bits per heavy atom. The SMILES string of the molecule is CCc1oc(C(=O)N(C)CCc2cnccn2)cc1C(=O)O. The summed E-state index contributed by atoms with van der Waals surface area (Å²) in [5, 5.41) is 9.08. The molecule has 116 valence electrons. The first kappa shape index (κ1) is 15.7. The van der Waals surface area contributed by atoms with Gasteiger partial charge < -0.3 is 14.4 Å². The number of carbonyl (C=O) groups excluding carboxylic acids is 1. The molecule has 0 bridgehead atoms. The van der Waals surface area contributed by atoms with Crippen LogP contribution in [0.4, 0.5) is 0 Å². The minimum Gasteiger partial charge on any atom is -0.478 e. The maximum absolute atomic E-state index is 12.3. The molecule has 2 rings (SSSR count). The lowest BCUT2D eigenvalue weighted by molar-refractivity contribution is 0.0693. The van der Waals surface area contributed by atoms with E-state index in [1.54, 1.807) is 32.6 Å². The number of carbonyl (C=O) groups is 2. The molecule has 0 saturated heterocycles. The summed E-state index contributed by atoms with van der Waals surface area (Å²) in [6.07, 6.45) is 5.79. The van der Waals surface area contributed by atoms with Gasteiger partial charge in [-0.3, -0.25) is 14.8 Å². The zero-order valence-electron chi connectivity index (χ0n) is 12.4. The summed E-state index contributed by atoms with van der Waals surface area (Å²) in [7, 11) is 1.63. The van der Waals surface area contributed by atoms with Gasteiger partial charge in [0.05, 0.1) is 5.69 Å². The number of aromatic carboxylic acids is 1. The number of aryl methyl sites for hydroxylation is 1. The van der Waals surface area contributed by atoms with Gasteiger partial charge >= 0.3 is 5.97 Å². The Kier molecular flexibility index (Phi) is 4.88. The van der Waals surface area contributed by atoms with E-state index in [0.29, 0.717) is 25.1 Å². The zero-order chi connectivity index (χ0) is 16.1. The number of nitrogens with zero attached hydrogens (tertiary/aromatic N) is 3. The molecule has 22 heavy (non-hydrogen) atoms. The van der Waals surface area contributed by atoms with E-state index in [-0.39, 0.29) is 17.2 Å². The van der Waals surface area contributed by atoms with Crippen molar-refractivity contribution < 1.29 is 19.1 Å². The third-order valence-corrected chi connectivity index (χ3v) is 3.24. The fourth-order valence-corrected chi connectivity index (χ4v) is 2.01. The van der Waals surface area contributed by atoms with Crippen molar-refractivity contribution in [3.05, 3.63) is 47.4 Å². The molecule has 0 radical (unpaired) electrons. The van der Waals surface area contributed by atoms with Gasteiger partial charge in [-0.05, 0) is 0 Å². The summed E-state index contributed by atoms with van der Waals surface area (Å²) < 4.78 is 5.36. The van der Waals surface area contributed by atoms with Crippen molar-refractivity contribution in [3.63, 3.8) is 0 Å². The fourth-order valence-electron chi connectivity index (χ4n) is 2.01. The average Bonchev–Trinajstić information content (AvgIpc) is 2.97. The van der Waals surface area contributed by atoms with Gasteiger partial charge in [-0.2, -0.15) is 0 Å². The minimum atomic E-state index is -1.10. The van der Waals surface area contributed by atoms with E-state index in [2.05, 4.69) is 9.97 Å². The average molecular weight is 303 g/mol. The molecule has 0 aliphatic carbocycles. The molecule has 0 atom stereocenters. The summed E-state index contributed by atoms with van der Waals surface area (Å²) >= 11 is 0. The second-order valence-electron chi connectivity index (χ2n) is 4.78. The molecule has 0 aliphatic heterocycles. The molecule has 0 saturated carbocycles. The van der Waals surface area contributed by atoms with Crippen LogP contribution in [-0.4, -0.2) is 45.4 Å². The number of aromatic nitrogens is 2. The zero-order valence-corrected chi connectivity index (χ0v) is 12.4. The highest BCUT2D eigenvalue weighted by Gasteiger charge is 2.22. The summed E-state index contributed by atoms with van der Waals surface area (Å²) in [6, 6.07) is 1.28. The second-order valence-corrected chi connectivity index (χ2v) is 4.78. The highest BCUT2D eigenvalue weighted by atomic mass is 16.4. The maximum atomic E-state index is 12.3. The number of hydrogen-bond donors (Lipinski definition) is 1. The second kappa shape index (κ2) is 6.84. The molecule has 1 N–H and O–H groups in total. The molecule has 7 nitrogen and oxygen atoms in total. The first-order chi connectivity index (χ1) is 10.5. The Morgan fingerprint density at radius 1 is 1.36 bits per heavy atom. The lowest BCUT2D eigenvalue weighted by atomic mass is 10.2. The van der Waals surface area contributed by atoms with Crippen LogP contribution in [0.25, 0.3) is 0 Å². The van der Waals surface area contributed by atoms with Crippen LogP contribution >= 0.6 is 0 Å². The molecule has 2 heterocycles. The Morgan fingerprint density at radius 3 is 2.68 bits per heavy atom. The number of furan rings is 1. The van der Waals surface area contributed by atoms with Gasteiger partial charge in [-0.15, -0.1) is 0 Å². The molecule has 0 aromatic carbocycles. The van der Waals surface area contributed by atoms with E-state index in [1.165, 1.54) is 11.0 Å². The van der Waals surface area contributed by atoms with Gasteiger partial charge in [0.15, 0.2) is 5.76 Å². The van der Waals surface area contributed by atoms with Crippen LogP contribution in [0.15, 0.2) is 29.1 Å². The van der Waals surface area contributed by atoms with E-state index < -0.39 is 5.97 Å². The van der Waals surface area contributed by atoms with Crippen LogP contribution in [0, 0.1) is 0 Å². The number of carboxylic acids is 1. The lowest BCUT2D eigenvalue weighted by Gasteiger charge is -2.15. The topological polar surface area (TPSA) is 96.5 Å². The summed E-state index contributed by atoms with van der Waals surface area (Å²) in [5.74, 6) is -1.11. The first-order valence-electron chi connectivity index (χ1n) is 6.89. The largest absolute Gasteiger partial charge is 0.478 e. The van der Waals surface area contributed by atoms with Crippen LogP contribution in [0.2, 0.25) is 0 Å². The van der Waals surface area contributed by atoms with Crippen molar-refractivity contribution in [3.8, 4) is 0 Å². The van der Waals surface area contributed by atoms with E-state index >= 15 is 0 Å². The van der Waals surface area contributed by atoms with E-state index in [4.69, 9.17) is 9.52 Å². The minimum absolute atomic E-state index is 0.0353. The number of likely N-dealkylation sites (N-methyl/N-ethyl adjacent to an activating group) is 1. The molecule has 0 fully saturated rings. The monoisotopic (exact) mass is 303 g/mol. The fraction of sp³-hybridized carbons (Fsp3) is 0.333. The van der Waals surface area contributed by atoms with Crippen LogP contribution in [0.3, 0.4) is 0 Å². The normalized spacial score (nSPS) is 10.5. The van der Waals surface area contributed by atoms with Gasteiger partial charge in [-0.1, -0.05) is 6.92 Å². The highest BCUT2D eigenvalue weighted by Crippen LogP contribution is 2.18. The molecular formula is C15H17N3O4. The van der Waals surface area contributed by atoms with Crippen molar-refractivity contribution in [2.24, 2.45) is 0 Å². The van der Waals surface area contributed by atoms with Crippen LogP contribution in [-0.2, 0) is 12.8 Å². The summed E-state index contributed by atoms with van der Waals surface area (Å²) in [4.78, 5) is 32.9. The highest BCUT2D eigenvalue weighted by molar-refractivity contribution is 5.96.